The van der Waals surface area contributed by atoms with Crippen molar-refractivity contribution in [3.05, 3.63) is 29.8 Å². The van der Waals surface area contributed by atoms with Gasteiger partial charge in [0.1, 0.15) is 12.6 Å². The van der Waals surface area contributed by atoms with Gasteiger partial charge in [-0.2, -0.15) is 0 Å². The van der Waals surface area contributed by atoms with Gasteiger partial charge < -0.3 is 24.8 Å². The number of ether oxygens (including phenoxy) is 1. The summed E-state index contributed by atoms with van der Waals surface area (Å²) in [7, 11) is 3.36. The van der Waals surface area contributed by atoms with Gasteiger partial charge in [-0.1, -0.05) is 38.5 Å². The number of rotatable bonds is 5. The minimum atomic E-state index is -0.532. The van der Waals surface area contributed by atoms with E-state index in [1.54, 1.807) is 23.9 Å². The normalized spacial score (nSPS) is 20.3. The molecule has 29 heavy (non-hydrogen) atoms. The highest BCUT2D eigenvalue weighted by Crippen LogP contribution is 2.29. The molecule has 158 valence electrons. The number of carbonyl (C=O) groups is 3. The van der Waals surface area contributed by atoms with Crippen LogP contribution < -0.4 is 5.32 Å². The molecule has 0 radical (unpaired) electrons. The highest BCUT2D eigenvalue weighted by atomic mass is 16.5. The highest BCUT2D eigenvalue weighted by Gasteiger charge is 2.41. The Kier molecular flexibility index (Phi) is 6.42. The molecule has 0 aliphatic carbocycles. The Morgan fingerprint density at radius 2 is 1.97 bits per heavy atom. The SMILES string of the molecule is CC[C@H](C)[C@H]1C(=O)Nc2ccccc2CN1C(=O)N1CC(OCC(=O)N(C)C)C1. The van der Waals surface area contributed by atoms with E-state index in [0.29, 0.717) is 19.6 Å². The second-order valence-electron chi connectivity index (χ2n) is 8.01. The molecule has 1 N–H and O–H groups in total. The summed E-state index contributed by atoms with van der Waals surface area (Å²) in [6, 6.07) is 6.89. The molecular formula is C21H30N4O4. The lowest BCUT2D eigenvalue weighted by Crippen LogP contribution is -2.61. The van der Waals surface area contributed by atoms with Crippen molar-refractivity contribution in [2.45, 2.75) is 39.0 Å². The smallest absolute Gasteiger partial charge is 0.321 e. The summed E-state index contributed by atoms with van der Waals surface area (Å²) < 4.78 is 5.58. The number of hydrogen-bond donors (Lipinski definition) is 1. The lowest BCUT2D eigenvalue weighted by Gasteiger charge is -2.43. The van der Waals surface area contributed by atoms with Gasteiger partial charge in [-0.15, -0.1) is 0 Å². The highest BCUT2D eigenvalue weighted by molar-refractivity contribution is 5.99. The van der Waals surface area contributed by atoms with Crippen molar-refractivity contribution in [3.63, 3.8) is 0 Å². The number of benzene rings is 1. The molecule has 1 saturated heterocycles. The number of fused-ring (bicyclic) bond motifs is 1. The molecule has 3 rings (SSSR count). The number of amides is 4. The summed E-state index contributed by atoms with van der Waals surface area (Å²) in [5.41, 5.74) is 1.68. The Morgan fingerprint density at radius 1 is 1.28 bits per heavy atom. The van der Waals surface area contributed by atoms with Crippen molar-refractivity contribution in [2.24, 2.45) is 5.92 Å². The lowest BCUT2D eigenvalue weighted by molar-refractivity contribution is -0.139. The summed E-state index contributed by atoms with van der Waals surface area (Å²) in [6.45, 7) is 5.25. The van der Waals surface area contributed by atoms with Gasteiger partial charge in [-0.3, -0.25) is 9.59 Å². The molecule has 4 amide bonds. The van der Waals surface area contributed by atoms with Crippen molar-refractivity contribution in [2.75, 3.05) is 39.1 Å². The summed E-state index contributed by atoms with van der Waals surface area (Å²) in [5.74, 6) is -0.228. The molecule has 0 saturated carbocycles. The first kappa shape index (κ1) is 21.1. The Balaban J connectivity index is 1.70. The number of nitrogens with zero attached hydrogens (tertiary/aromatic N) is 3. The quantitative estimate of drug-likeness (QED) is 0.814. The third kappa shape index (κ3) is 4.53. The van der Waals surface area contributed by atoms with E-state index in [0.717, 1.165) is 17.7 Å². The molecule has 1 aromatic rings. The first-order chi connectivity index (χ1) is 13.8. The fourth-order valence-electron chi connectivity index (χ4n) is 3.59. The van der Waals surface area contributed by atoms with E-state index in [-0.39, 0.29) is 36.5 Å². The molecule has 2 heterocycles. The largest absolute Gasteiger partial charge is 0.365 e. The van der Waals surface area contributed by atoms with Crippen molar-refractivity contribution in [1.82, 2.24) is 14.7 Å². The van der Waals surface area contributed by atoms with Gasteiger partial charge in [0, 0.05) is 19.8 Å². The zero-order valence-corrected chi connectivity index (χ0v) is 17.6. The Labute approximate surface area is 171 Å². The lowest BCUT2D eigenvalue weighted by atomic mass is 9.96. The van der Waals surface area contributed by atoms with E-state index in [1.807, 2.05) is 38.1 Å². The number of para-hydroxylation sites is 1. The van der Waals surface area contributed by atoms with Crippen molar-refractivity contribution in [3.8, 4) is 0 Å². The minimum Gasteiger partial charge on any atom is -0.365 e. The monoisotopic (exact) mass is 402 g/mol. The molecule has 1 aromatic carbocycles. The predicted molar refractivity (Wildman–Crippen MR) is 109 cm³/mol. The van der Waals surface area contributed by atoms with Crippen LogP contribution in [0.15, 0.2) is 24.3 Å². The van der Waals surface area contributed by atoms with Crippen molar-refractivity contribution < 1.29 is 19.1 Å². The zero-order chi connectivity index (χ0) is 21.1. The second-order valence-corrected chi connectivity index (χ2v) is 8.01. The first-order valence-electron chi connectivity index (χ1n) is 10.1. The Hall–Kier alpha value is -2.61. The maximum Gasteiger partial charge on any atom is 0.321 e. The van der Waals surface area contributed by atoms with Crippen LogP contribution in [0.5, 0.6) is 0 Å². The summed E-state index contributed by atoms with van der Waals surface area (Å²) in [4.78, 5) is 42.7. The summed E-state index contributed by atoms with van der Waals surface area (Å²) in [5, 5.41) is 2.98. The fourth-order valence-corrected chi connectivity index (χ4v) is 3.59. The third-order valence-electron chi connectivity index (χ3n) is 5.71. The van der Waals surface area contributed by atoms with Crippen LogP contribution in [0.2, 0.25) is 0 Å². The number of anilines is 1. The third-order valence-corrected chi connectivity index (χ3v) is 5.71. The first-order valence-corrected chi connectivity index (χ1v) is 10.1. The number of likely N-dealkylation sites (tertiary alicyclic amines) is 1. The summed E-state index contributed by atoms with van der Waals surface area (Å²) in [6.07, 6.45) is 0.634. The average molecular weight is 402 g/mol. The van der Waals surface area contributed by atoms with Crippen LogP contribution in [-0.4, -0.2) is 78.5 Å². The van der Waals surface area contributed by atoms with E-state index < -0.39 is 6.04 Å². The number of nitrogens with one attached hydrogen (secondary N) is 1. The molecule has 1 fully saturated rings. The van der Waals surface area contributed by atoms with E-state index in [2.05, 4.69) is 5.32 Å². The molecule has 2 aliphatic rings. The molecule has 8 nitrogen and oxygen atoms in total. The van der Waals surface area contributed by atoms with Crippen molar-refractivity contribution >= 4 is 23.5 Å². The van der Waals surface area contributed by atoms with Crippen LogP contribution in [0.3, 0.4) is 0 Å². The summed E-state index contributed by atoms with van der Waals surface area (Å²) >= 11 is 0. The predicted octanol–water partition coefficient (Wildman–Crippen LogP) is 1.76. The van der Waals surface area contributed by atoms with E-state index in [9.17, 15) is 14.4 Å². The van der Waals surface area contributed by atoms with Gasteiger partial charge in [-0.05, 0) is 17.5 Å². The molecule has 0 unspecified atom stereocenters. The van der Waals surface area contributed by atoms with Crippen LogP contribution in [0, 0.1) is 5.92 Å². The standard InChI is InChI=1S/C21H30N4O4/c1-5-14(2)19-20(27)22-17-9-7-6-8-15(17)10-25(19)21(28)24-11-16(12-24)29-13-18(26)23(3)4/h6-9,14,16,19H,5,10-13H2,1-4H3,(H,22,27)/t14-,19-/m0/s1. The van der Waals surface area contributed by atoms with E-state index >= 15 is 0 Å². The number of carbonyl (C=O) groups excluding carboxylic acids is 3. The van der Waals surface area contributed by atoms with E-state index in [1.165, 1.54) is 4.90 Å². The Bertz CT molecular complexity index is 776. The van der Waals surface area contributed by atoms with Gasteiger partial charge in [0.25, 0.3) is 0 Å². The fraction of sp³-hybridized carbons (Fsp3) is 0.571. The number of hydrogen-bond acceptors (Lipinski definition) is 4. The molecule has 8 heteroatoms. The molecule has 2 atom stereocenters. The van der Waals surface area contributed by atoms with E-state index in [4.69, 9.17) is 4.74 Å². The maximum absolute atomic E-state index is 13.3. The van der Waals surface area contributed by atoms with Gasteiger partial charge in [0.2, 0.25) is 11.8 Å². The molecule has 0 spiro atoms. The van der Waals surface area contributed by atoms with Gasteiger partial charge in [0.15, 0.2) is 0 Å². The van der Waals surface area contributed by atoms with Crippen LogP contribution in [0.4, 0.5) is 10.5 Å². The molecular weight excluding hydrogens is 372 g/mol. The molecule has 0 bridgehead atoms. The second kappa shape index (κ2) is 8.82. The van der Waals surface area contributed by atoms with Crippen LogP contribution >= 0.6 is 0 Å². The van der Waals surface area contributed by atoms with Gasteiger partial charge in [0.05, 0.1) is 25.7 Å². The van der Waals surface area contributed by atoms with Crippen LogP contribution in [0.25, 0.3) is 0 Å². The van der Waals surface area contributed by atoms with Crippen LogP contribution in [-0.2, 0) is 20.9 Å². The minimum absolute atomic E-state index is 0.00862. The van der Waals surface area contributed by atoms with Gasteiger partial charge in [-0.25, -0.2) is 4.79 Å². The van der Waals surface area contributed by atoms with Crippen molar-refractivity contribution in [1.29, 1.82) is 0 Å². The zero-order valence-electron chi connectivity index (χ0n) is 17.6. The average Bonchev–Trinajstić information content (AvgIpc) is 2.81. The Morgan fingerprint density at radius 3 is 2.62 bits per heavy atom. The maximum atomic E-state index is 13.3. The number of likely N-dealkylation sites (N-methyl/N-ethyl adjacent to an activating group) is 1. The molecule has 2 aliphatic heterocycles. The topological polar surface area (TPSA) is 82.2 Å². The van der Waals surface area contributed by atoms with Crippen LogP contribution in [0.1, 0.15) is 25.8 Å². The molecule has 0 aromatic heterocycles. The van der Waals surface area contributed by atoms with Gasteiger partial charge >= 0.3 is 6.03 Å². The number of urea groups is 1.